The van der Waals surface area contributed by atoms with E-state index in [1.807, 2.05) is 6.07 Å². The summed E-state index contributed by atoms with van der Waals surface area (Å²) in [6, 6.07) is 8.34. The molecule has 1 N–H and O–H groups in total. The van der Waals surface area contributed by atoms with Crippen LogP contribution in [0.5, 0.6) is 0 Å². The first kappa shape index (κ1) is 23.8. The zero-order valence-electron chi connectivity index (χ0n) is 20.0. The lowest BCUT2D eigenvalue weighted by Crippen LogP contribution is -2.41. The van der Waals surface area contributed by atoms with Crippen molar-refractivity contribution in [2.75, 3.05) is 17.7 Å². The van der Waals surface area contributed by atoms with E-state index in [1.165, 1.54) is 6.26 Å². The average molecular weight is 480 g/mol. The smallest absolute Gasteiger partial charge is 0.322 e. The van der Waals surface area contributed by atoms with Crippen molar-refractivity contribution in [1.82, 2.24) is 20.3 Å². The minimum atomic E-state index is -3.25. The topological polar surface area (TPSA) is 105 Å². The number of carbonyl (C=O) groups is 1. The van der Waals surface area contributed by atoms with E-state index >= 15 is 0 Å². The third-order valence-electron chi connectivity index (χ3n) is 6.06. The van der Waals surface area contributed by atoms with Crippen molar-refractivity contribution in [3.8, 4) is 11.3 Å². The number of aromatic nitrogens is 3. The third kappa shape index (κ3) is 4.65. The van der Waals surface area contributed by atoms with Gasteiger partial charge in [0, 0.05) is 36.5 Å². The number of anilines is 1. The molecule has 1 aromatic carbocycles. The summed E-state index contributed by atoms with van der Waals surface area (Å²) in [4.78, 5) is 28.3. The molecule has 34 heavy (non-hydrogen) atoms. The van der Waals surface area contributed by atoms with Gasteiger partial charge in [0.25, 0.3) is 0 Å². The Morgan fingerprint density at radius 3 is 2.50 bits per heavy atom. The van der Waals surface area contributed by atoms with Crippen molar-refractivity contribution in [2.45, 2.75) is 50.5 Å². The molecule has 0 saturated heterocycles. The molecule has 9 heteroatoms. The molecule has 0 unspecified atom stereocenters. The van der Waals surface area contributed by atoms with Gasteiger partial charge >= 0.3 is 6.03 Å². The minimum Gasteiger partial charge on any atom is -0.334 e. The van der Waals surface area contributed by atoms with E-state index in [9.17, 15) is 13.2 Å². The number of pyridine rings is 1. The highest BCUT2D eigenvalue weighted by molar-refractivity contribution is 7.90. The van der Waals surface area contributed by atoms with Crippen molar-refractivity contribution in [2.24, 2.45) is 0 Å². The van der Waals surface area contributed by atoms with Gasteiger partial charge in [0.05, 0.1) is 28.2 Å². The lowest BCUT2D eigenvalue weighted by Gasteiger charge is -2.21. The molecule has 0 aliphatic carbocycles. The summed E-state index contributed by atoms with van der Waals surface area (Å²) in [6.45, 7) is 9.21. The van der Waals surface area contributed by atoms with Crippen LogP contribution in [0, 0.1) is 0 Å². The van der Waals surface area contributed by atoms with Crippen LogP contribution >= 0.6 is 0 Å². The van der Waals surface area contributed by atoms with E-state index in [4.69, 9.17) is 0 Å². The maximum Gasteiger partial charge on any atom is 0.322 e. The van der Waals surface area contributed by atoms with Crippen LogP contribution in [0.2, 0.25) is 0 Å². The molecule has 8 nitrogen and oxygen atoms in total. The summed E-state index contributed by atoms with van der Waals surface area (Å²) in [5, 5.41) is 2.94. The van der Waals surface area contributed by atoms with E-state index < -0.39 is 9.84 Å². The van der Waals surface area contributed by atoms with Gasteiger partial charge in [-0.3, -0.25) is 9.88 Å². The predicted octanol–water partition coefficient (Wildman–Crippen LogP) is 4.07. The summed E-state index contributed by atoms with van der Waals surface area (Å²) < 4.78 is 23.3. The molecule has 4 rings (SSSR count). The number of carbonyl (C=O) groups excluding carboxylic acids is 1. The Labute approximate surface area is 200 Å². The second-order valence-electron chi connectivity index (χ2n) is 9.61. The second-order valence-corrected chi connectivity index (χ2v) is 11.6. The fourth-order valence-corrected chi connectivity index (χ4v) is 4.85. The third-order valence-corrected chi connectivity index (χ3v) is 7.19. The van der Waals surface area contributed by atoms with Crippen molar-refractivity contribution < 1.29 is 13.2 Å². The second kappa shape index (κ2) is 8.79. The molecular formula is C25H29N5O3S. The van der Waals surface area contributed by atoms with Gasteiger partial charge in [0.2, 0.25) is 0 Å². The Morgan fingerprint density at radius 1 is 1.15 bits per heavy atom. The number of nitrogens with zero attached hydrogens (tertiary/aromatic N) is 4. The number of rotatable bonds is 5. The molecule has 0 bridgehead atoms. The molecule has 0 spiro atoms. The first-order valence-electron chi connectivity index (χ1n) is 11.1. The molecule has 2 amide bonds. The maximum absolute atomic E-state index is 13.1. The van der Waals surface area contributed by atoms with Gasteiger partial charge in [-0.05, 0) is 35.2 Å². The first-order chi connectivity index (χ1) is 16.0. The largest absolute Gasteiger partial charge is 0.334 e. The van der Waals surface area contributed by atoms with Crippen LogP contribution in [0.25, 0.3) is 11.3 Å². The molecule has 0 radical (unpaired) electrons. The highest BCUT2D eigenvalue weighted by atomic mass is 32.2. The number of sulfone groups is 1. The van der Waals surface area contributed by atoms with Crippen LogP contribution in [0.4, 0.5) is 10.5 Å². The van der Waals surface area contributed by atoms with E-state index in [-0.39, 0.29) is 22.3 Å². The molecule has 178 valence electrons. The number of nitrogens with one attached hydrogen (secondary N) is 1. The summed E-state index contributed by atoms with van der Waals surface area (Å²) >= 11 is 0. The van der Waals surface area contributed by atoms with Gasteiger partial charge in [-0.1, -0.05) is 39.8 Å². The number of fused-ring (bicyclic) bond motifs is 1. The minimum absolute atomic E-state index is 0.223. The summed E-state index contributed by atoms with van der Waals surface area (Å²) in [7, 11) is -3.25. The number of urea groups is 1. The first-order valence-corrected chi connectivity index (χ1v) is 13.0. The van der Waals surface area contributed by atoms with Crippen molar-refractivity contribution >= 4 is 21.6 Å². The Hall–Kier alpha value is -3.33. The van der Waals surface area contributed by atoms with E-state index in [1.54, 1.807) is 47.9 Å². The predicted molar refractivity (Wildman–Crippen MR) is 132 cm³/mol. The van der Waals surface area contributed by atoms with Crippen LogP contribution in [-0.2, 0) is 21.8 Å². The SMILES string of the molecule is CC(C)c1ncncc1-c1cc2c(cn1)N(C(=O)NCc1ccc(S(C)(=O)=O)cc1)CC2(C)C. The zero-order chi connectivity index (χ0) is 24.7. The highest BCUT2D eigenvalue weighted by Crippen LogP contribution is 2.42. The quantitative estimate of drug-likeness (QED) is 0.591. The van der Waals surface area contributed by atoms with Gasteiger partial charge in [-0.15, -0.1) is 0 Å². The van der Waals surface area contributed by atoms with Crippen molar-refractivity contribution in [3.63, 3.8) is 0 Å². The Kier molecular flexibility index (Phi) is 6.16. The molecule has 1 aliphatic heterocycles. The van der Waals surface area contributed by atoms with E-state index in [2.05, 4.69) is 48.0 Å². The number of benzene rings is 1. The molecule has 3 heterocycles. The van der Waals surface area contributed by atoms with Crippen LogP contribution in [-0.4, -0.2) is 42.2 Å². The van der Waals surface area contributed by atoms with Crippen LogP contribution in [0.1, 0.15) is 50.4 Å². The number of hydrogen-bond acceptors (Lipinski definition) is 6. The van der Waals surface area contributed by atoms with E-state index in [0.29, 0.717) is 13.1 Å². The normalized spacial score (nSPS) is 14.8. The van der Waals surface area contributed by atoms with Gasteiger partial charge in [0.1, 0.15) is 6.33 Å². The monoisotopic (exact) mass is 479 g/mol. The number of amides is 2. The van der Waals surface area contributed by atoms with Crippen LogP contribution in [0.15, 0.2) is 53.9 Å². The fourth-order valence-electron chi connectivity index (χ4n) is 4.22. The highest BCUT2D eigenvalue weighted by Gasteiger charge is 2.38. The molecule has 3 aromatic rings. The molecule has 0 atom stereocenters. The summed E-state index contributed by atoms with van der Waals surface area (Å²) in [5.41, 5.74) is 5.02. The van der Waals surface area contributed by atoms with Gasteiger partial charge in [-0.2, -0.15) is 0 Å². The van der Waals surface area contributed by atoms with E-state index in [0.717, 1.165) is 33.8 Å². The molecule has 1 aliphatic rings. The molecule has 0 fully saturated rings. The summed E-state index contributed by atoms with van der Waals surface area (Å²) in [5.74, 6) is 0.231. The fraction of sp³-hybridized carbons (Fsp3) is 0.360. The Bertz CT molecular complexity index is 1330. The van der Waals surface area contributed by atoms with Gasteiger partial charge < -0.3 is 5.32 Å². The lowest BCUT2D eigenvalue weighted by molar-refractivity contribution is 0.245. The number of hydrogen-bond donors (Lipinski definition) is 1. The van der Waals surface area contributed by atoms with Crippen molar-refractivity contribution in [3.05, 3.63) is 65.9 Å². The molecule has 2 aromatic heterocycles. The standard InChI is InChI=1S/C25H29N5O3S/c1-16(2)23-19(12-26-15-29-23)21-10-20-22(13-27-21)30(14-25(20,3)4)24(31)28-11-17-6-8-18(9-7-17)34(5,32)33/h6-10,12-13,15-16H,11,14H2,1-5H3,(H,28,31). The Balaban J connectivity index is 1.56. The van der Waals surface area contributed by atoms with Crippen LogP contribution in [0.3, 0.4) is 0 Å². The van der Waals surface area contributed by atoms with Crippen LogP contribution < -0.4 is 10.2 Å². The lowest BCUT2D eigenvalue weighted by atomic mass is 9.86. The molecule has 0 saturated carbocycles. The molecular weight excluding hydrogens is 450 g/mol. The van der Waals surface area contributed by atoms with Crippen molar-refractivity contribution in [1.29, 1.82) is 0 Å². The Morgan fingerprint density at radius 2 is 1.85 bits per heavy atom. The average Bonchev–Trinajstić information content (AvgIpc) is 3.07. The van der Waals surface area contributed by atoms with Gasteiger partial charge in [-0.25, -0.2) is 23.2 Å². The summed E-state index contributed by atoms with van der Waals surface area (Å²) in [6.07, 6.45) is 6.26. The zero-order valence-corrected chi connectivity index (χ0v) is 20.8. The van der Waals surface area contributed by atoms with Gasteiger partial charge in [0.15, 0.2) is 9.84 Å². The maximum atomic E-state index is 13.1.